The third-order valence-corrected chi connectivity index (χ3v) is 4.00. The minimum absolute atomic E-state index is 0.0355. The maximum absolute atomic E-state index is 12.5. The molecule has 1 heterocycles. The average molecular weight is 305 g/mol. The van der Waals surface area contributed by atoms with Gasteiger partial charge in [0.2, 0.25) is 5.91 Å². The van der Waals surface area contributed by atoms with Crippen LogP contribution in [0.2, 0.25) is 0 Å². The molecule has 1 amide bonds. The van der Waals surface area contributed by atoms with Gasteiger partial charge in [-0.2, -0.15) is 0 Å². The molecule has 120 valence electrons. The minimum Gasteiger partial charge on any atom is -0.481 e. The van der Waals surface area contributed by atoms with Crippen molar-refractivity contribution in [1.82, 2.24) is 4.90 Å². The quantitative estimate of drug-likeness (QED) is 0.837. The van der Waals surface area contributed by atoms with Crippen molar-refractivity contribution in [2.24, 2.45) is 0 Å². The molecular formula is C17H23NO4. The molecule has 1 aliphatic heterocycles. The van der Waals surface area contributed by atoms with Gasteiger partial charge in [-0.3, -0.25) is 9.59 Å². The Labute approximate surface area is 130 Å². The van der Waals surface area contributed by atoms with E-state index >= 15 is 0 Å². The Kier molecular flexibility index (Phi) is 5.95. The van der Waals surface area contributed by atoms with E-state index in [1.54, 1.807) is 4.90 Å². The number of amides is 1. The van der Waals surface area contributed by atoms with Gasteiger partial charge in [0.15, 0.2) is 0 Å². The van der Waals surface area contributed by atoms with Crippen molar-refractivity contribution in [3.63, 3.8) is 0 Å². The zero-order chi connectivity index (χ0) is 15.9. The maximum atomic E-state index is 12.5. The predicted molar refractivity (Wildman–Crippen MR) is 82.7 cm³/mol. The number of aliphatic carboxylic acids is 1. The van der Waals surface area contributed by atoms with Crippen molar-refractivity contribution in [1.29, 1.82) is 0 Å². The zero-order valence-corrected chi connectivity index (χ0v) is 13.0. The van der Waals surface area contributed by atoms with Crippen molar-refractivity contribution < 1.29 is 19.4 Å². The standard InChI is InChI=1S/C17H23NO4/c1-13-5-2-3-6-14(13)11-16(19)18(9-8-17(20)21)12-15-7-4-10-22-15/h2-3,5-6,15H,4,7-12H2,1H3,(H,20,21)/t15-/m1/s1. The first-order valence-electron chi connectivity index (χ1n) is 7.72. The molecule has 22 heavy (non-hydrogen) atoms. The summed E-state index contributed by atoms with van der Waals surface area (Å²) >= 11 is 0. The van der Waals surface area contributed by atoms with Crippen LogP contribution in [0.5, 0.6) is 0 Å². The highest BCUT2D eigenvalue weighted by atomic mass is 16.5. The summed E-state index contributed by atoms with van der Waals surface area (Å²) in [6.45, 7) is 3.42. The number of carbonyl (C=O) groups is 2. The van der Waals surface area contributed by atoms with E-state index in [0.29, 0.717) is 13.0 Å². The summed E-state index contributed by atoms with van der Waals surface area (Å²) in [6, 6.07) is 7.77. The Morgan fingerprint density at radius 2 is 2.14 bits per heavy atom. The fourth-order valence-electron chi connectivity index (χ4n) is 2.67. The van der Waals surface area contributed by atoms with Gasteiger partial charge in [0.25, 0.3) is 0 Å². The molecule has 1 fully saturated rings. The normalized spacial score (nSPS) is 17.4. The second-order valence-electron chi connectivity index (χ2n) is 5.72. The molecule has 0 unspecified atom stereocenters. The molecule has 0 spiro atoms. The lowest BCUT2D eigenvalue weighted by Gasteiger charge is -2.25. The zero-order valence-electron chi connectivity index (χ0n) is 13.0. The summed E-state index contributed by atoms with van der Waals surface area (Å²) in [5.74, 6) is -0.924. The van der Waals surface area contributed by atoms with Crippen molar-refractivity contribution in [3.8, 4) is 0 Å². The van der Waals surface area contributed by atoms with Crippen LogP contribution >= 0.6 is 0 Å². The number of hydrogen-bond donors (Lipinski definition) is 1. The van der Waals surface area contributed by atoms with Crippen LogP contribution in [0.25, 0.3) is 0 Å². The van der Waals surface area contributed by atoms with Crippen molar-refractivity contribution >= 4 is 11.9 Å². The predicted octanol–water partition coefficient (Wildman–Crippen LogP) is 2.02. The van der Waals surface area contributed by atoms with E-state index in [9.17, 15) is 9.59 Å². The molecule has 1 atom stereocenters. The number of carboxylic acids is 1. The van der Waals surface area contributed by atoms with Gasteiger partial charge in [-0.25, -0.2) is 0 Å². The number of rotatable bonds is 7. The summed E-state index contributed by atoms with van der Waals surface area (Å²) in [7, 11) is 0. The average Bonchev–Trinajstić information content (AvgIpc) is 2.98. The lowest BCUT2D eigenvalue weighted by Crippen LogP contribution is -2.39. The van der Waals surface area contributed by atoms with E-state index in [1.807, 2.05) is 31.2 Å². The first kappa shape index (κ1) is 16.5. The van der Waals surface area contributed by atoms with Crippen LogP contribution in [0, 0.1) is 6.92 Å². The van der Waals surface area contributed by atoms with Crippen LogP contribution in [-0.2, 0) is 20.7 Å². The highest BCUT2D eigenvalue weighted by Crippen LogP contribution is 2.15. The highest BCUT2D eigenvalue weighted by Gasteiger charge is 2.23. The topological polar surface area (TPSA) is 66.8 Å². The minimum atomic E-state index is -0.888. The SMILES string of the molecule is Cc1ccccc1CC(=O)N(CCC(=O)O)C[C@H]1CCCO1. The molecular weight excluding hydrogens is 282 g/mol. The van der Waals surface area contributed by atoms with Crippen LogP contribution < -0.4 is 0 Å². The van der Waals surface area contributed by atoms with Crippen LogP contribution in [0.4, 0.5) is 0 Å². The largest absolute Gasteiger partial charge is 0.481 e. The van der Waals surface area contributed by atoms with E-state index in [1.165, 1.54) is 0 Å². The summed E-state index contributed by atoms with van der Waals surface area (Å²) in [4.78, 5) is 25.0. The van der Waals surface area contributed by atoms with Gasteiger partial charge in [0.05, 0.1) is 18.9 Å². The Morgan fingerprint density at radius 3 is 2.77 bits per heavy atom. The summed E-state index contributed by atoms with van der Waals surface area (Å²) in [5.41, 5.74) is 2.06. The van der Waals surface area contributed by atoms with E-state index in [-0.39, 0.29) is 25.0 Å². The molecule has 1 aromatic rings. The lowest BCUT2D eigenvalue weighted by molar-refractivity contribution is -0.139. The molecule has 1 saturated heterocycles. The van der Waals surface area contributed by atoms with Crippen LogP contribution in [-0.4, -0.2) is 47.7 Å². The smallest absolute Gasteiger partial charge is 0.305 e. The van der Waals surface area contributed by atoms with Gasteiger partial charge < -0.3 is 14.7 Å². The third kappa shape index (κ3) is 4.84. The van der Waals surface area contributed by atoms with E-state index in [2.05, 4.69) is 0 Å². The Hall–Kier alpha value is -1.88. The van der Waals surface area contributed by atoms with Crippen LogP contribution in [0.15, 0.2) is 24.3 Å². The second-order valence-corrected chi connectivity index (χ2v) is 5.72. The molecule has 1 aliphatic rings. The molecule has 5 heteroatoms. The molecule has 5 nitrogen and oxygen atoms in total. The van der Waals surface area contributed by atoms with Crippen molar-refractivity contribution in [2.75, 3.05) is 19.7 Å². The molecule has 0 bridgehead atoms. The monoisotopic (exact) mass is 305 g/mol. The number of hydrogen-bond acceptors (Lipinski definition) is 3. The second kappa shape index (κ2) is 7.94. The van der Waals surface area contributed by atoms with Gasteiger partial charge in [0, 0.05) is 19.7 Å². The van der Waals surface area contributed by atoms with Gasteiger partial charge in [-0.05, 0) is 30.9 Å². The molecule has 1 aromatic carbocycles. The molecule has 1 N–H and O–H groups in total. The van der Waals surface area contributed by atoms with Crippen molar-refractivity contribution in [3.05, 3.63) is 35.4 Å². The first-order valence-corrected chi connectivity index (χ1v) is 7.72. The van der Waals surface area contributed by atoms with Gasteiger partial charge >= 0.3 is 5.97 Å². The number of carboxylic acid groups (broad SMARTS) is 1. The van der Waals surface area contributed by atoms with Crippen LogP contribution in [0.1, 0.15) is 30.4 Å². The summed E-state index contributed by atoms with van der Waals surface area (Å²) in [5, 5.41) is 8.87. The maximum Gasteiger partial charge on any atom is 0.305 e. The van der Waals surface area contributed by atoms with Crippen LogP contribution in [0.3, 0.4) is 0 Å². The summed E-state index contributed by atoms with van der Waals surface area (Å²) < 4.78 is 5.57. The van der Waals surface area contributed by atoms with E-state index in [0.717, 1.165) is 30.6 Å². The lowest BCUT2D eigenvalue weighted by atomic mass is 10.0. The number of aryl methyl sites for hydroxylation is 1. The molecule has 2 rings (SSSR count). The Balaban J connectivity index is 2.00. The van der Waals surface area contributed by atoms with Gasteiger partial charge in [0.1, 0.15) is 0 Å². The number of ether oxygens (including phenoxy) is 1. The Bertz CT molecular complexity index is 523. The Morgan fingerprint density at radius 1 is 1.36 bits per heavy atom. The van der Waals surface area contributed by atoms with Crippen molar-refractivity contribution in [2.45, 2.75) is 38.7 Å². The fraction of sp³-hybridized carbons (Fsp3) is 0.529. The summed E-state index contributed by atoms with van der Waals surface area (Å²) in [6.07, 6.45) is 2.24. The fourth-order valence-corrected chi connectivity index (χ4v) is 2.67. The molecule has 0 radical (unpaired) electrons. The van der Waals surface area contributed by atoms with Gasteiger partial charge in [-0.15, -0.1) is 0 Å². The first-order chi connectivity index (χ1) is 10.6. The number of carbonyl (C=O) groups excluding carboxylic acids is 1. The van der Waals surface area contributed by atoms with E-state index in [4.69, 9.17) is 9.84 Å². The highest BCUT2D eigenvalue weighted by molar-refractivity contribution is 5.79. The van der Waals surface area contributed by atoms with E-state index < -0.39 is 5.97 Å². The number of benzene rings is 1. The third-order valence-electron chi connectivity index (χ3n) is 4.00. The molecule has 0 aromatic heterocycles. The molecule has 0 aliphatic carbocycles. The number of nitrogens with zero attached hydrogens (tertiary/aromatic N) is 1. The van der Waals surface area contributed by atoms with Gasteiger partial charge in [-0.1, -0.05) is 24.3 Å². The molecule has 0 saturated carbocycles.